The third-order valence-corrected chi connectivity index (χ3v) is 4.01. The van der Waals surface area contributed by atoms with Crippen molar-refractivity contribution in [2.45, 2.75) is 6.04 Å². The molecule has 0 saturated heterocycles. The van der Waals surface area contributed by atoms with Crippen LogP contribution in [0.5, 0.6) is 0 Å². The van der Waals surface area contributed by atoms with Crippen molar-refractivity contribution in [3.63, 3.8) is 0 Å². The Bertz CT molecular complexity index is 996. The molecule has 5 nitrogen and oxygen atoms in total. The summed E-state index contributed by atoms with van der Waals surface area (Å²) in [5.74, 6) is 1.56. The highest BCUT2D eigenvalue weighted by atomic mass is 16.3. The van der Waals surface area contributed by atoms with Crippen LogP contribution in [-0.4, -0.2) is 14.8 Å². The molecule has 0 saturated carbocycles. The summed E-state index contributed by atoms with van der Waals surface area (Å²) in [7, 11) is 0. The van der Waals surface area contributed by atoms with Crippen molar-refractivity contribution in [3.8, 4) is 17.4 Å². The van der Waals surface area contributed by atoms with E-state index in [2.05, 4.69) is 16.2 Å². The summed E-state index contributed by atoms with van der Waals surface area (Å²) in [4.78, 5) is 4.05. The smallest absolute Gasteiger partial charge is 0.137 e. The predicted molar refractivity (Wildman–Crippen MR) is 92.6 cm³/mol. The number of hydrogen-bond donors (Lipinski definition) is 0. The molecule has 0 aliphatic heterocycles. The molecule has 1 atom stereocenters. The minimum atomic E-state index is -0.243. The highest BCUT2D eigenvalue weighted by Crippen LogP contribution is 2.31. The third-order valence-electron chi connectivity index (χ3n) is 4.01. The van der Waals surface area contributed by atoms with Gasteiger partial charge in [-0.15, -0.1) is 0 Å². The molecule has 5 heteroatoms. The van der Waals surface area contributed by atoms with Crippen molar-refractivity contribution < 1.29 is 4.42 Å². The lowest BCUT2D eigenvalue weighted by Gasteiger charge is -2.15. The highest BCUT2D eigenvalue weighted by molar-refractivity contribution is 5.57. The minimum absolute atomic E-state index is 0.243. The number of hydrogen-bond acceptors (Lipinski definition) is 4. The molecular weight excluding hydrogens is 312 g/mol. The lowest BCUT2D eigenvalue weighted by molar-refractivity contribution is 0.448. The second kappa shape index (κ2) is 6.46. The average molecular weight is 326 g/mol. The fourth-order valence-corrected chi connectivity index (χ4v) is 2.80. The van der Waals surface area contributed by atoms with Gasteiger partial charge in [-0.1, -0.05) is 42.5 Å². The molecule has 0 bridgehead atoms. The maximum atomic E-state index is 9.00. The second-order valence-electron chi connectivity index (χ2n) is 5.58. The molecule has 1 unspecified atom stereocenters. The molecule has 0 N–H and O–H groups in total. The molecular formula is C20H14N4O. The zero-order chi connectivity index (χ0) is 17.1. The summed E-state index contributed by atoms with van der Waals surface area (Å²) in [6.07, 6.45) is 3.16. The van der Waals surface area contributed by atoms with E-state index in [0.717, 1.165) is 22.6 Å². The molecule has 4 aromatic rings. The van der Waals surface area contributed by atoms with Crippen molar-refractivity contribution >= 4 is 0 Å². The Labute approximate surface area is 144 Å². The van der Waals surface area contributed by atoms with Crippen LogP contribution in [0.2, 0.25) is 0 Å². The Kier molecular flexibility index (Phi) is 3.85. The topological polar surface area (TPSA) is 67.6 Å². The number of nitriles is 1. The molecule has 2 aromatic carbocycles. The summed E-state index contributed by atoms with van der Waals surface area (Å²) >= 11 is 0. The first kappa shape index (κ1) is 14.9. The standard InChI is InChI=1S/C20H14N4O/c21-12-15-6-8-17(9-7-15)20(24-14-22-13-23-24)19-11-10-18(25-19)16-4-2-1-3-5-16/h1-11,13-14,20H. The Hall–Kier alpha value is -3.65. The van der Waals surface area contributed by atoms with E-state index in [0.29, 0.717) is 5.56 Å². The lowest BCUT2D eigenvalue weighted by Crippen LogP contribution is -2.12. The molecule has 0 aliphatic rings. The van der Waals surface area contributed by atoms with E-state index >= 15 is 0 Å². The van der Waals surface area contributed by atoms with Crippen LogP contribution in [0.3, 0.4) is 0 Å². The Morgan fingerprint density at radius 3 is 2.44 bits per heavy atom. The van der Waals surface area contributed by atoms with Crippen LogP contribution in [0.4, 0.5) is 0 Å². The number of nitrogens with zero attached hydrogens (tertiary/aromatic N) is 4. The van der Waals surface area contributed by atoms with Gasteiger partial charge in [0.2, 0.25) is 0 Å². The van der Waals surface area contributed by atoms with Gasteiger partial charge in [-0.25, -0.2) is 9.67 Å². The van der Waals surface area contributed by atoms with Gasteiger partial charge in [-0.2, -0.15) is 10.4 Å². The van der Waals surface area contributed by atoms with Crippen LogP contribution in [0.1, 0.15) is 22.9 Å². The van der Waals surface area contributed by atoms with Gasteiger partial charge in [0.1, 0.15) is 30.2 Å². The fourth-order valence-electron chi connectivity index (χ4n) is 2.80. The minimum Gasteiger partial charge on any atom is -0.458 e. The van der Waals surface area contributed by atoms with Gasteiger partial charge in [0, 0.05) is 5.56 Å². The van der Waals surface area contributed by atoms with Gasteiger partial charge < -0.3 is 4.42 Å². The molecule has 2 heterocycles. The van der Waals surface area contributed by atoms with Gasteiger partial charge in [-0.3, -0.25) is 0 Å². The molecule has 25 heavy (non-hydrogen) atoms. The summed E-state index contributed by atoms with van der Waals surface area (Å²) < 4.78 is 7.86. The summed E-state index contributed by atoms with van der Waals surface area (Å²) in [5.41, 5.74) is 2.61. The summed E-state index contributed by atoms with van der Waals surface area (Å²) in [6, 6.07) is 23.2. The lowest BCUT2D eigenvalue weighted by atomic mass is 10.0. The SMILES string of the molecule is N#Cc1ccc(C(c2ccc(-c3ccccc3)o2)n2cncn2)cc1. The highest BCUT2D eigenvalue weighted by Gasteiger charge is 2.21. The predicted octanol–water partition coefficient (Wildman–Crippen LogP) is 4.05. The van der Waals surface area contributed by atoms with Crippen LogP contribution in [-0.2, 0) is 0 Å². The molecule has 0 radical (unpaired) electrons. The Morgan fingerprint density at radius 2 is 1.76 bits per heavy atom. The molecule has 0 spiro atoms. The largest absolute Gasteiger partial charge is 0.458 e. The van der Waals surface area contributed by atoms with Gasteiger partial charge in [0.15, 0.2) is 0 Å². The van der Waals surface area contributed by atoms with Gasteiger partial charge in [-0.05, 0) is 29.8 Å². The molecule has 2 aromatic heterocycles. The van der Waals surface area contributed by atoms with E-state index in [-0.39, 0.29) is 6.04 Å². The number of benzene rings is 2. The fraction of sp³-hybridized carbons (Fsp3) is 0.0500. The Balaban J connectivity index is 1.77. The molecule has 4 rings (SSSR count). The maximum absolute atomic E-state index is 9.00. The normalized spacial score (nSPS) is 11.8. The van der Waals surface area contributed by atoms with Gasteiger partial charge in [0.05, 0.1) is 11.6 Å². The van der Waals surface area contributed by atoms with Crippen LogP contribution >= 0.6 is 0 Å². The molecule has 0 aliphatic carbocycles. The second-order valence-corrected chi connectivity index (χ2v) is 5.58. The molecule has 0 fully saturated rings. The van der Waals surface area contributed by atoms with Gasteiger partial charge >= 0.3 is 0 Å². The maximum Gasteiger partial charge on any atom is 0.137 e. The van der Waals surface area contributed by atoms with E-state index in [1.54, 1.807) is 23.1 Å². The van der Waals surface area contributed by atoms with E-state index in [1.165, 1.54) is 6.33 Å². The molecule has 120 valence electrons. The molecule has 0 amide bonds. The van der Waals surface area contributed by atoms with Crippen LogP contribution in [0, 0.1) is 11.3 Å². The first-order valence-electron chi connectivity index (χ1n) is 7.84. The van der Waals surface area contributed by atoms with Crippen LogP contribution in [0.15, 0.2) is 83.8 Å². The summed E-state index contributed by atoms with van der Waals surface area (Å²) in [6.45, 7) is 0. The number of furan rings is 1. The first-order valence-corrected chi connectivity index (χ1v) is 7.84. The average Bonchev–Trinajstić information content (AvgIpc) is 3.36. The monoisotopic (exact) mass is 326 g/mol. The Morgan fingerprint density at radius 1 is 0.960 bits per heavy atom. The van der Waals surface area contributed by atoms with Crippen molar-refractivity contribution in [1.29, 1.82) is 5.26 Å². The van der Waals surface area contributed by atoms with Crippen LogP contribution in [0.25, 0.3) is 11.3 Å². The zero-order valence-electron chi connectivity index (χ0n) is 13.3. The zero-order valence-corrected chi connectivity index (χ0v) is 13.3. The quantitative estimate of drug-likeness (QED) is 0.567. The third kappa shape index (κ3) is 2.93. The van der Waals surface area contributed by atoms with Crippen molar-refractivity contribution in [2.75, 3.05) is 0 Å². The van der Waals surface area contributed by atoms with Crippen molar-refractivity contribution in [2.24, 2.45) is 0 Å². The first-order chi connectivity index (χ1) is 12.3. The van der Waals surface area contributed by atoms with Crippen molar-refractivity contribution in [1.82, 2.24) is 14.8 Å². The number of rotatable bonds is 4. The van der Waals surface area contributed by atoms with Crippen LogP contribution < -0.4 is 0 Å². The van der Waals surface area contributed by atoms with E-state index in [4.69, 9.17) is 9.68 Å². The summed E-state index contributed by atoms with van der Waals surface area (Å²) in [5, 5.41) is 13.3. The van der Waals surface area contributed by atoms with Gasteiger partial charge in [0.25, 0.3) is 0 Å². The van der Waals surface area contributed by atoms with Crippen molar-refractivity contribution in [3.05, 3.63) is 96.3 Å². The van der Waals surface area contributed by atoms with E-state index in [1.807, 2.05) is 54.6 Å². The van der Waals surface area contributed by atoms with E-state index < -0.39 is 0 Å². The number of aromatic nitrogens is 3. The van der Waals surface area contributed by atoms with E-state index in [9.17, 15) is 0 Å².